The highest BCUT2D eigenvalue weighted by molar-refractivity contribution is 5.77. The van der Waals surface area contributed by atoms with Crippen molar-refractivity contribution in [3.05, 3.63) is 71.3 Å². The number of aryl methyl sites for hydroxylation is 1. The molecule has 0 aliphatic carbocycles. The fourth-order valence-corrected chi connectivity index (χ4v) is 2.49. The third-order valence-corrected chi connectivity index (χ3v) is 3.59. The highest BCUT2D eigenvalue weighted by atomic mass is 16.4. The zero-order valence-electron chi connectivity index (χ0n) is 11.5. The Kier molecular flexibility index (Phi) is 4.53. The number of carboxylic acids is 1. The topological polar surface area (TPSA) is 63.3 Å². The summed E-state index contributed by atoms with van der Waals surface area (Å²) in [5.41, 5.74) is 8.76. The van der Waals surface area contributed by atoms with E-state index in [1.54, 1.807) is 0 Å². The van der Waals surface area contributed by atoms with Gasteiger partial charge in [-0.25, -0.2) is 0 Å². The van der Waals surface area contributed by atoms with Gasteiger partial charge in [0.1, 0.15) is 0 Å². The van der Waals surface area contributed by atoms with Crippen molar-refractivity contribution in [2.45, 2.75) is 18.8 Å². The van der Waals surface area contributed by atoms with Crippen LogP contribution in [0.4, 0.5) is 0 Å². The highest BCUT2D eigenvalue weighted by Gasteiger charge is 2.29. The van der Waals surface area contributed by atoms with Crippen molar-refractivity contribution in [3.8, 4) is 0 Å². The lowest BCUT2D eigenvalue weighted by Gasteiger charge is -2.23. The molecule has 2 atom stereocenters. The number of hydrogen-bond donors (Lipinski definition) is 2. The average molecular weight is 269 g/mol. The van der Waals surface area contributed by atoms with Gasteiger partial charge in [-0.15, -0.1) is 0 Å². The van der Waals surface area contributed by atoms with E-state index in [4.69, 9.17) is 5.73 Å². The minimum atomic E-state index is -0.841. The fraction of sp³-hybridized carbons (Fsp3) is 0.235. The normalized spacial score (nSPS) is 13.7. The first-order chi connectivity index (χ1) is 9.63. The molecule has 0 saturated carbocycles. The van der Waals surface area contributed by atoms with Crippen molar-refractivity contribution < 1.29 is 9.90 Å². The van der Waals surface area contributed by atoms with Gasteiger partial charge in [0.05, 0.1) is 5.92 Å². The van der Waals surface area contributed by atoms with E-state index in [9.17, 15) is 9.90 Å². The van der Waals surface area contributed by atoms with E-state index in [-0.39, 0.29) is 5.92 Å². The van der Waals surface area contributed by atoms with Gasteiger partial charge in [-0.1, -0.05) is 60.2 Å². The number of rotatable bonds is 5. The second kappa shape index (κ2) is 6.35. The molecule has 0 radical (unpaired) electrons. The lowest BCUT2D eigenvalue weighted by molar-refractivity contribution is -0.139. The van der Waals surface area contributed by atoms with E-state index in [0.717, 1.165) is 16.7 Å². The van der Waals surface area contributed by atoms with Crippen LogP contribution in [-0.2, 0) is 4.79 Å². The molecule has 0 amide bonds. The molecule has 2 aromatic carbocycles. The number of carboxylic acid groups (broad SMARTS) is 1. The molecule has 0 aliphatic rings. The maximum Gasteiger partial charge on any atom is 0.311 e. The van der Waals surface area contributed by atoms with Gasteiger partial charge < -0.3 is 10.8 Å². The van der Waals surface area contributed by atoms with Crippen LogP contribution in [0.15, 0.2) is 54.6 Å². The fourth-order valence-electron chi connectivity index (χ4n) is 2.49. The van der Waals surface area contributed by atoms with Crippen LogP contribution in [0.3, 0.4) is 0 Å². The minimum absolute atomic E-state index is 0.226. The van der Waals surface area contributed by atoms with Crippen molar-refractivity contribution in [2.24, 2.45) is 5.73 Å². The van der Waals surface area contributed by atoms with Crippen LogP contribution < -0.4 is 5.73 Å². The van der Waals surface area contributed by atoms with Crippen LogP contribution >= 0.6 is 0 Å². The Labute approximate surface area is 119 Å². The Balaban J connectivity index is 2.41. The van der Waals surface area contributed by atoms with E-state index < -0.39 is 11.9 Å². The monoisotopic (exact) mass is 269 g/mol. The molecule has 2 unspecified atom stereocenters. The van der Waals surface area contributed by atoms with Crippen LogP contribution in [0, 0.1) is 6.92 Å². The standard InChI is InChI=1S/C17H19NO2/c1-12-7-9-13(10-8-12)15(11-18)16(17(19)20)14-5-3-2-4-6-14/h2-10,15-16H,11,18H2,1H3,(H,19,20). The number of carbonyl (C=O) groups is 1. The molecule has 0 aromatic heterocycles. The predicted octanol–water partition coefficient (Wildman–Crippen LogP) is 2.91. The Morgan fingerprint density at radius 3 is 2.15 bits per heavy atom. The molecule has 2 aromatic rings. The third kappa shape index (κ3) is 3.06. The first kappa shape index (κ1) is 14.3. The number of aliphatic carboxylic acids is 1. The van der Waals surface area contributed by atoms with E-state index in [1.165, 1.54) is 0 Å². The van der Waals surface area contributed by atoms with Gasteiger partial charge in [0.2, 0.25) is 0 Å². The first-order valence-corrected chi connectivity index (χ1v) is 6.68. The largest absolute Gasteiger partial charge is 0.481 e. The summed E-state index contributed by atoms with van der Waals surface area (Å²) in [5.74, 6) is -1.69. The zero-order chi connectivity index (χ0) is 14.5. The summed E-state index contributed by atoms with van der Waals surface area (Å²) >= 11 is 0. The van der Waals surface area contributed by atoms with Gasteiger partial charge in [0.25, 0.3) is 0 Å². The lowest BCUT2D eigenvalue weighted by atomic mass is 9.81. The molecule has 2 rings (SSSR count). The predicted molar refractivity (Wildman–Crippen MR) is 79.8 cm³/mol. The van der Waals surface area contributed by atoms with Gasteiger partial charge >= 0.3 is 5.97 Å². The molecule has 0 aliphatic heterocycles. The molecule has 0 fully saturated rings. The molecule has 0 saturated heterocycles. The van der Waals surface area contributed by atoms with Crippen molar-refractivity contribution in [1.82, 2.24) is 0 Å². The molecule has 0 spiro atoms. The van der Waals surface area contributed by atoms with E-state index in [2.05, 4.69) is 0 Å². The second-order valence-electron chi connectivity index (χ2n) is 4.98. The summed E-state index contributed by atoms with van der Waals surface area (Å²) in [4.78, 5) is 11.7. The molecule has 3 nitrogen and oxygen atoms in total. The highest BCUT2D eigenvalue weighted by Crippen LogP contribution is 2.32. The van der Waals surface area contributed by atoms with Crippen LogP contribution in [0.25, 0.3) is 0 Å². The Bertz CT molecular complexity index is 563. The van der Waals surface area contributed by atoms with Crippen molar-refractivity contribution in [2.75, 3.05) is 6.54 Å². The number of benzene rings is 2. The maximum atomic E-state index is 11.7. The third-order valence-electron chi connectivity index (χ3n) is 3.59. The molecular formula is C17H19NO2. The summed E-state index contributed by atoms with van der Waals surface area (Å²) in [6, 6.07) is 17.2. The van der Waals surface area contributed by atoms with Gasteiger partial charge in [0, 0.05) is 12.5 Å². The van der Waals surface area contributed by atoms with Crippen LogP contribution in [-0.4, -0.2) is 17.6 Å². The second-order valence-corrected chi connectivity index (χ2v) is 4.98. The summed E-state index contributed by atoms with van der Waals surface area (Å²) in [7, 11) is 0. The van der Waals surface area contributed by atoms with Crippen molar-refractivity contribution >= 4 is 5.97 Å². The summed E-state index contributed by atoms with van der Waals surface area (Å²) < 4.78 is 0. The van der Waals surface area contributed by atoms with E-state index in [1.807, 2.05) is 61.5 Å². The Morgan fingerprint density at radius 2 is 1.65 bits per heavy atom. The van der Waals surface area contributed by atoms with Crippen LogP contribution in [0.2, 0.25) is 0 Å². The molecule has 3 N–H and O–H groups in total. The molecule has 104 valence electrons. The van der Waals surface area contributed by atoms with Gasteiger partial charge in [0.15, 0.2) is 0 Å². The summed E-state index contributed by atoms with van der Waals surface area (Å²) in [5, 5.41) is 9.59. The Morgan fingerprint density at radius 1 is 1.05 bits per heavy atom. The quantitative estimate of drug-likeness (QED) is 0.877. The van der Waals surface area contributed by atoms with Crippen molar-refractivity contribution in [1.29, 1.82) is 0 Å². The Hall–Kier alpha value is -2.13. The van der Waals surface area contributed by atoms with Crippen LogP contribution in [0.1, 0.15) is 28.5 Å². The van der Waals surface area contributed by atoms with Gasteiger partial charge in [-0.2, -0.15) is 0 Å². The maximum absolute atomic E-state index is 11.7. The molecule has 0 bridgehead atoms. The SMILES string of the molecule is Cc1ccc(C(CN)C(C(=O)O)c2ccccc2)cc1. The number of nitrogens with two attached hydrogens (primary N) is 1. The van der Waals surface area contributed by atoms with Gasteiger partial charge in [-0.3, -0.25) is 4.79 Å². The molecule has 0 heterocycles. The van der Waals surface area contributed by atoms with E-state index in [0.29, 0.717) is 6.54 Å². The summed E-state index contributed by atoms with van der Waals surface area (Å²) in [6.45, 7) is 2.31. The molecule has 3 heteroatoms. The molecular weight excluding hydrogens is 250 g/mol. The average Bonchev–Trinajstić information content (AvgIpc) is 2.46. The number of hydrogen-bond acceptors (Lipinski definition) is 2. The zero-order valence-corrected chi connectivity index (χ0v) is 11.5. The smallest absolute Gasteiger partial charge is 0.311 e. The lowest BCUT2D eigenvalue weighted by Crippen LogP contribution is -2.26. The minimum Gasteiger partial charge on any atom is -0.481 e. The summed E-state index contributed by atoms with van der Waals surface area (Å²) in [6.07, 6.45) is 0. The first-order valence-electron chi connectivity index (χ1n) is 6.68. The van der Waals surface area contributed by atoms with Crippen LogP contribution in [0.5, 0.6) is 0 Å². The molecule has 20 heavy (non-hydrogen) atoms. The van der Waals surface area contributed by atoms with Gasteiger partial charge in [-0.05, 0) is 18.1 Å². The van der Waals surface area contributed by atoms with Crippen molar-refractivity contribution in [3.63, 3.8) is 0 Å². The van der Waals surface area contributed by atoms with E-state index >= 15 is 0 Å².